The van der Waals surface area contributed by atoms with Crippen LogP contribution in [0.1, 0.15) is 44.1 Å². The molecule has 1 aliphatic heterocycles. The fourth-order valence-electron chi connectivity index (χ4n) is 3.50. The summed E-state index contributed by atoms with van der Waals surface area (Å²) in [5.74, 6) is 1.71. The third-order valence-electron chi connectivity index (χ3n) is 5.32. The van der Waals surface area contributed by atoms with Crippen molar-refractivity contribution in [3.63, 3.8) is 0 Å². The molecular weight excluding hydrogens is 316 g/mol. The number of carbonyl (C=O) groups is 2. The molecule has 2 fully saturated rings. The number of benzene rings is 1. The number of Topliss-reactive ketones (excluding diaryl/α,β-unsaturated/α-hetero) is 1. The molecule has 136 valence electrons. The van der Waals surface area contributed by atoms with E-state index in [0.29, 0.717) is 38.4 Å². The Kier molecular flexibility index (Phi) is 5.95. The predicted octanol–water partition coefficient (Wildman–Crippen LogP) is 3.47. The van der Waals surface area contributed by atoms with E-state index in [4.69, 9.17) is 4.74 Å². The normalized spacial score (nSPS) is 19.9. The first-order valence-electron chi connectivity index (χ1n) is 9.34. The zero-order chi connectivity index (χ0) is 17.6. The molecule has 0 radical (unpaired) electrons. The van der Waals surface area contributed by atoms with Crippen LogP contribution in [-0.4, -0.2) is 48.4 Å². The number of methoxy groups -OCH3 is 1. The molecule has 3 rings (SSSR count). The van der Waals surface area contributed by atoms with E-state index in [-0.39, 0.29) is 11.8 Å². The van der Waals surface area contributed by atoms with Gasteiger partial charge in [0.15, 0.2) is 0 Å². The maximum absolute atomic E-state index is 13.1. The van der Waals surface area contributed by atoms with E-state index in [1.807, 2.05) is 34.1 Å². The van der Waals surface area contributed by atoms with Crippen LogP contribution in [0.25, 0.3) is 0 Å². The van der Waals surface area contributed by atoms with Crippen LogP contribution in [0.4, 0.5) is 4.79 Å². The molecule has 2 aliphatic rings. The number of rotatable bonds is 5. The molecule has 1 heterocycles. The molecule has 1 saturated heterocycles. The number of nitrogens with zero attached hydrogens (tertiary/aromatic N) is 2. The van der Waals surface area contributed by atoms with E-state index in [2.05, 4.69) is 0 Å². The molecule has 0 N–H and O–H groups in total. The quantitative estimate of drug-likeness (QED) is 0.822. The smallest absolute Gasteiger partial charge is 0.320 e. The molecule has 1 aliphatic carbocycles. The number of amides is 2. The molecule has 25 heavy (non-hydrogen) atoms. The summed E-state index contributed by atoms with van der Waals surface area (Å²) in [4.78, 5) is 28.9. The molecule has 0 spiro atoms. The molecule has 5 nitrogen and oxygen atoms in total. The Hall–Kier alpha value is -2.04. The van der Waals surface area contributed by atoms with E-state index < -0.39 is 0 Å². The van der Waals surface area contributed by atoms with Crippen molar-refractivity contribution in [1.29, 1.82) is 0 Å². The highest BCUT2D eigenvalue weighted by Gasteiger charge is 2.28. The van der Waals surface area contributed by atoms with Crippen molar-refractivity contribution in [2.24, 2.45) is 5.92 Å². The minimum Gasteiger partial charge on any atom is -0.497 e. The van der Waals surface area contributed by atoms with Crippen LogP contribution in [0, 0.1) is 5.92 Å². The van der Waals surface area contributed by atoms with Gasteiger partial charge in [-0.2, -0.15) is 0 Å². The van der Waals surface area contributed by atoms with E-state index in [1.54, 1.807) is 7.11 Å². The van der Waals surface area contributed by atoms with Gasteiger partial charge in [0.25, 0.3) is 0 Å². The SMILES string of the molecule is COc1ccc(CN2CCCC(=O)CCN(CC3CCC3)C2=O)cc1. The van der Waals surface area contributed by atoms with Gasteiger partial charge in [-0.3, -0.25) is 4.79 Å². The standard InChI is InChI=1S/C20H28N2O3/c1-25-19-9-7-17(8-10-19)15-21-12-3-6-18(23)11-13-22(20(21)24)14-16-4-2-5-16/h7-10,16H,2-6,11-15H2,1H3. The van der Waals surface area contributed by atoms with Crippen molar-refractivity contribution < 1.29 is 14.3 Å². The summed E-state index contributed by atoms with van der Waals surface area (Å²) >= 11 is 0. The van der Waals surface area contributed by atoms with Gasteiger partial charge in [-0.05, 0) is 42.9 Å². The van der Waals surface area contributed by atoms with Crippen LogP contribution >= 0.6 is 0 Å². The first-order valence-corrected chi connectivity index (χ1v) is 9.34. The number of carbonyl (C=O) groups excluding carboxylic acids is 2. The van der Waals surface area contributed by atoms with E-state index >= 15 is 0 Å². The van der Waals surface area contributed by atoms with Gasteiger partial charge < -0.3 is 14.5 Å². The van der Waals surface area contributed by atoms with Gasteiger partial charge in [-0.15, -0.1) is 0 Å². The second kappa shape index (κ2) is 8.37. The van der Waals surface area contributed by atoms with Gasteiger partial charge in [0.1, 0.15) is 11.5 Å². The van der Waals surface area contributed by atoms with E-state index in [0.717, 1.165) is 24.3 Å². The first kappa shape index (κ1) is 17.8. The molecule has 1 aromatic carbocycles. The summed E-state index contributed by atoms with van der Waals surface area (Å²) in [7, 11) is 1.65. The second-order valence-electron chi connectivity index (χ2n) is 7.19. The molecule has 5 heteroatoms. The molecule has 0 atom stereocenters. The number of ether oxygens (including phenoxy) is 1. The van der Waals surface area contributed by atoms with Crippen molar-refractivity contribution in [3.05, 3.63) is 29.8 Å². The largest absolute Gasteiger partial charge is 0.497 e. The maximum atomic E-state index is 13.1. The third kappa shape index (κ3) is 4.74. The molecule has 2 amide bonds. The van der Waals surface area contributed by atoms with Crippen LogP contribution in [0.2, 0.25) is 0 Å². The summed E-state index contributed by atoms with van der Waals surface area (Å²) in [6, 6.07) is 7.93. The Morgan fingerprint density at radius 2 is 1.76 bits per heavy atom. The Morgan fingerprint density at radius 1 is 1.00 bits per heavy atom. The topological polar surface area (TPSA) is 49.9 Å². The molecule has 0 unspecified atom stereocenters. The van der Waals surface area contributed by atoms with Crippen LogP contribution in [0.5, 0.6) is 5.75 Å². The van der Waals surface area contributed by atoms with Gasteiger partial charge >= 0.3 is 6.03 Å². The number of hydrogen-bond donors (Lipinski definition) is 0. The lowest BCUT2D eigenvalue weighted by molar-refractivity contribution is -0.119. The summed E-state index contributed by atoms with van der Waals surface area (Å²) in [5.41, 5.74) is 1.09. The molecule has 1 saturated carbocycles. The Morgan fingerprint density at radius 3 is 2.40 bits per heavy atom. The van der Waals surface area contributed by atoms with Gasteiger partial charge in [-0.1, -0.05) is 18.6 Å². The summed E-state index contributed by atoms with van der Waals surface area (Å²) < 4.78 is 5.20. The van der Waals surface area contributed by atoms with Crippen molar-refractivity contribution in [1.82, 2.24) is 9.80 Å². The van der Waals surface area contributed by atoms with Gasteiger partial charge in [0.2, 0.25) is 0 Å². The lowest BCUT2D eigenvalue weighted by Gasteiger charge is -2.35. The highest BCUT2D eigenvalue weighted by atomic mass is 16.5. The van der Waals surface area contributed by atoms with E-state index in [1.165, 1.54) is 19.3 Å². The minimum atomic E-state index is 0.0809. The monoisotopic (exact) mass is 344 g/mol. The molecule has 0 aromatic heterocycles. The van der Waals surface area contributed by atoms with Crippen molar-refractivity contribution in [3.8, 4) is 5.75 Å². The number of urea groups is 1. The summed E-state index contributed by atoms with van der Waals surface area (Å²) in [6.07, 6.45) is 5.49. The third-order valence-corrected chi connectivity index (χ3v) is 5.32. The molecule has 1 aromatic rings. The lowest BCUT2D eigenvalue weighted by Crippen LogP contribution is -2.46. The highest BCUT2D eigenvalue weighted by Crippen LogP contribution is 2.28. The molecule has 0 bridgehead atoms. The average Bonchev–Trinajstić information content (AvgIpc) is 2.64. The van der Waals surface area contributed by atoms with Crippen molar-refractivity contribution in [2.45, 2.75) is 45.1 Å². The average molecular weight is 344 g/mol. The Bertz CT molecular complexity index is 595. The second-order valence-corrected chi connectivity index (χ2v) is 7.19. The van der Waals surface area contributed by atoms with Gasteiger partial charge in [-0.25, -0.2) is 4.79 Å². The lowest BCUT2D eigenvalue weighted by atomic mass is 9.85. The van der Waals surface area contributed by atoms with Crippen molar-refractivity contribution in [2.75, 3.05) is 26.7 Å². The van der Waals surface area contributed by atoms with Crippen molar-refractivity contribution >= 4 is 11.8 Å². The summed E-state index contributed by atoms with van der Waals surface area (Å²) in [5, 5.41) is 0. The Labute approximate surface area is 149 Å². The first-order chi connectivity index (χ1) is 12.2. The highest BCUT2D eigenvalue weighted by molar-refractivity contribution is 5.80. The van der Waals surface area contributed by atoms with Crippen LogP contribution in [0.15, 0.2) is 24.3 Å². The maximum Gasteiger partial charge on any atom is 0.320 e. The number of ketones is 1. The van der Waals surface area contributed by atoms with Gasteiger partial charge in [0.05, 0.1) is 7.11 Å². The van der Waals surface area contributed by atoms with Crippen LogP contribution in [0.3, 0.4) is 0 Å². The van der Waals surface area contributed by atoms with Crippen LogP contribution in [-0.2, 0) is 11.3 Å². The fourth-order valence-corrected chi connectivity index (χ4v) is 3.50. The minimum absolute atomic E-state index is 0.0809. The fraction of sp³-hybridized carbons (Fsp3) is 0.600. The van der Waals surface area contributed by atoms with E-state index in [9.17, 15) is 9.59 Å². The molecular formula is C20H28N2O3. The zero-order valence-corrected chi connectivity index (χ0v) is 15.1. The summed E-state index contributed by atoms with van der Waals surface area (Å²) in [6.45, 7) is 2.58. The Balaban J connectivity index is 1.70. The van der Waals surface area contributed by atoms with Gasteiger partial charge in [0, 0.05) is 39.0 Å². The predicted molar refractivity (Wildman–Crippen MR) is 96.6 cm³/mol. The number of hydrogen-bond acceptors (Lipinski definition) is 3. The van der Waals surface area contributed by atoms with Crippen LogP contribution < -0.4 is 4.74 Å². The zero-order valence-electron chi connectivity index (χ0n) is 15.1.